The summed E-state index contributed by atoms with van der Waals surface area (Å²) in [6.45, 7) is 18.1. The van der Waals surface area contributed by atoms with E-state index in [1.807, 2.05) is 5.57 Å². The summed E-state index contributed by atoms with van der Waals surface area (Å²) in [5.74, 6) is 2.78. The van der Waals surface area contributed by atoms with Gasteiger partial charge in [0, 0.05) is 23.2 Å². The number of anilines is 1. The Morgan fingerprint density at radius 1 is 1.04 bits per heavy atom. The summed E-state index contributed by atoms with van der Waals surface area (Å²) >= 11 is 0. The van der Waals surface area contributed by atoms with E-state index in [4.69, 9.17) is 0 Å². The summed E-state index contributed by atoms with van der Waals surface area (Å²) in [5.41, 5.74) is 7.09. The maximum atomic E-state index is 2.85. The molecule has 3 unspecified atom stereocenters. The molecule has 0 aromatic heterocycles. The highest BCUT2D eigenvalue weighted by atomic mass is 15.2. The van der Waals surface area contributed by atoms with E-state index in [0.717, 1.165) is 11.8 Å². The topological polar surface area (TPSA) is 3.24 Å². The summed E-state index contributed by atoms with van der Waals surface area (Å²) in [6, 6.07) is 7.05. The Balaban J connectivity index is 1.84. The maximum Gasteiger partial charge on any atom is 0.0441 e. The van der Waals surface area contributed by atoms with Gasteiger partial charge in [0.15, 0.2) is 0 Å². The predicted octanol–water partition coefficient (Wildman–Crippen LogP) is 7.67. The van der Waals surface area contributed by atoms with Gasteiger partial charge in [0.2, 0.25) is 0 Å². The third-order valence-corrected chi connectivity index (χ3v) is 8.09. The van der Waals surface area contributed by atoms with Crippen molar-refractivity contribution < 1.29 is 0 Å². The second-order valence-electron chi connectivity index (χ2n) is 11.3. The number of rotatable bonds is 3. The zero-order valence-corrected chi connectivity index (χ0v) is 19.3. The number of allylic oxidation sites excluding steroid dienone is 1. The van der Waals surface area contributed by atoms with Crippen LogP contribution in [-0.4, -0.2) is 12.1 Å². The molecule has 1 spiro atoms. The Morgan fingerprint density at radius 3 is 2.25 bits per heavy atom. The van der Waals surface area contributed by atoms with Crippen LogP contribution in [0.4, 0.5) is 5.69 Å². The molecule has 3 aliphatic rings. The van der Waals surface area contributed by atoms with Crippen molar-refractivity contribution in [1.82, 2.24) is 0 Å². The highest BCUT2D eigenvalue weighted by Gasteiger charge is 2.56. The molecule has 1 saturated carbocycles. The van der Waals surface area contributed by atoms with E-state index in [0.29, 0.717) is 17.3 Å². The van der Waals surface area contributed by atoms with Gasteiger partial charge in [0.25, 0.3) is 0 Å². The zero-order valence-electron chi connectivity index (χ0n) is 19.3. The molecule has 2 fully saturated rings. The first-order valence-electron chi connectivity index (χ1n) is 11.8. The molecule has 3 atom stereocenters. The van der Waals surface area contributed by atoms with Crippen molar-refractivity contribution in [3.8, 4) is 0 Å². The van der Waals surface area contributed by atoms with Crippen LogP contribution in [0, 0.1) is 17.3 Å². The van der Waals surface area contributed by atoms with E-state index in [-0.39, 0.29) is 5.54 Å². The lowest BCUT2D eigenvalue weighted by Crippen LogP contribution is -2.42. The minimum absolute atomic E-state index is 0.212. The van der Waals surface area contributed by atoms with E-state index in [1.165, 1.54) is 38.6 Å². The van der Waals surface area contributed by atoms with Crippen LogP contribution in [0.3, 0.4) is 0 Å². The lowest BCUT2D eigenvalue weighted by atomic mass is 9.56. The Morgan fingerprint density at radius 2 is 1.68 bits per heavy atom. The van der Waals surface area contributed by atoms with Gasteiger partial charge in [0.05, 0.1) is 0 Å². The van der Waals surface area contributed by atoms with E-state index >= 15 is 0 Å². The van der Waals surface area contributed by atoms with E-state index < -0.39 is 0 Å². The Bertz CT molecular complexity index is 742. The number of hydrogen-bond acceptors (Lipinski definition) is 1. The second-order valence-corrected chi connectivity index (χ2v) is 11.3. The zero-order chi connectivity index (χ0) is 20.3. The highest BCUT2D eigenvalue weighted by molar-refractivity contribution is 5.65. The van der Waals surface area contributed by atoms with Crippen molar-refractivity contribution in [2.45, 2.75) is 97.9 Å². The SMILES string of the molecule is CC1C=C2CCCC(C1)C21CN(c2c(C(C)C)cccc2C(C)C)C(C)(C)C1. The van der Waals surface area contributed by atoms with Gasteiger partial charge < -0.3 is 4.90 Å². The van der Waals surface area contributed by atoms with Crippen molar-refractivity contribution in [1.29, 1.82) is 0 Å². The van der Waals surface area contributed by atoms with Gasteiger partial charge in [-0.1, -0.05) is 64.5 Å². The lowest BCUT2D eigenvalue weighted by molar-refractivity contribution is 0.135. The molecule has 1 nitrogen and oxygen atoms in total. The van der Waals surface area contributed by atoms with Gasteiger partial charge in [-0.15, -0.1) is 0 Å². The Kier molecular flexibility index (Phi) is 4.96. The molecule has 0 radical (unpaired) electrons. The number of nitrogens with zero attached hydrogens (tertiary/aromatic N) is 1. The monoisotopic (exact) mass is 379 g/mol. The first-order valence-corrected chi connectivity index (χ1v) is 11.8. The molecule has 1 aromatic carbocycles. The largest absolute Gasteiger partial charge is 0.365 e. The molecule has 4 rings (SSSR count). The molecule has 1 saturated heterocycles. The van der Waals surface area contributed by atoms with Crippen molar-refractivity contribution in [2.24, 2.45) is 17.3 Å². The summed E-state index contributed by atoms with van der Waals surface area (Å²) in [7, 11) is 0. The maximum absolute atomic E-state index is 2.85. The number of benzene rings is 1. The Hall–Kier alpha value is -1.24. The first-order chi connectivity index (χ1) is 13.2. The van der Waals surface area contributed by atoms with Crippen LogP contribution in [0.25, 0.3) is 0 Å². The van der Waals surface area contributed by atoms with Crippen LogP contribution in [0.15, 0.2) is 29.8 Å². The fourth-order valence-corrected chi connectivity index (χ4v) is 6.89. The molecule has 1 heterocycles. The average molecular weight is 380 g/mol. The van der Waals surface area contributed by atoms with Crippen molar-refractivity contribution in [2.75, 3.05) is 11.4 Å². The molecular weight excluding hydrogens is 338 g/mol. The van der Waals surface area contributed by atoms with Crippen LogP contribution >= 0.6 is 0 Å². The van der Waals surface area contributed by atoms with Gasteiger partial charge in [-0.3, -0.25) is 0 Å². The van der Waals surface area contributed by atoms with Crippen LogP contribution in [0.5, 0.6) is 0 Å². The molecule has 154 valence electrons. The summed E-state index contributed by atoms with van der Waals surface area (Å²) in [6.07, 6.45) is 9.59. The molecule has 1 heteroatoms. The third-order valence-electron chi connectivity index (χ3n) is 8.09. The van der Waals surface area contributed by atoms with E-state index in [1.54, 1.807) is 16.8 Å². The fraction of sp³-hybridized carbons (Fsp3) is 0.704. The summed E-state index contributed by atoms with van der Waals surface area (Å²) in [5, 5.41) is 0. The van der Waals surface area contributed by atoms with Crippen molar-refractivity contribution >= 4 is 5.69 Å². The third kappa shape index (κ3) is 3.04. The number of hydrogen-bond donors (Lipinski definition) is 0. The standard InChI is InChI=1S/C27H41N/c1-18(2)23-12-9-13-24(19(3)4)25(23)28-17-27(16-26(28,6)7)21-10-8-11-22(27)15-20(5)14-21/h9,12-14,18-20,22H,8,10-11,15-17H2,1-7H3. The lowest BCUT2D eigenvalue weighted by Gasteiger charge is -2.48. The van der Waals surface area contributed by atoms with Crippen molar-refractivity contribution in [3.05, 3.63) is 41.0 Å². The molecule has 2 aliphatic carbocycles. The summed E-state index contributed by atoms with van der Waals surface area (Å²) in [4.78, 5) is 2.85. The number of para-hydroxylation sites is 1. The van der Waals surface area contributed by atoms with Gasteiger partial charge >= 0.3 is 0 Å². The highest BCUT2D eigenvalue weighted by Crippen LogP contribution is 2.61. The minimum Gasteiger partial charge on any atom is -0.365 e. The van der Waals surface area contributed by atoms with Crippen LogP contribution in [0.2, 0.25) is 0 Å². The van der Waals surface area contributed by atoms with Gasteiger partial charge in [-0.25, -0.2) is 0 Å². The van der Waals surface area contributed by atoms with Crippen LogP contribution in [-0.2, 0) is 0 Å². The first kappa shape index (κ1) is 20.0. The van der Waals surface area contributed by atoms with Crippen LogP contribution in [0.1, 0.15) is 104 Å². The minimum atomic E-state index is 0.212. The van der Waals surface area contributed by atoms with Gasteiger partial charge in [0.1, 0.15) is 0 Å². The normalized spacial score (nSPS) is 31.8. The van der Waals surface area contributed by atoms with Crippen molar-refractivity contribution in [3.63, 3.8) is 0 Å². The molecule has 1 aromatic rings. The van der Waals surface area contributed by atoms with Crippen LogP contribution < -0.4 is 4.90 Å². The predicted molar refractivity (Wildman–Crippen MR) is 122 cm³/mol. The van der Waals surface area contributed by atoms with Gasteiger partial charge in [-0.05, 0) is 80.8 Å². The molecule has 0 amide bonds. The average Bonchev–Trinajstić information content (AvgIpc) is 2.87. The molecule has 28 heavy (non-hydrogen) atoms. The van der Waals surface area contributed by atoms with Gasteiger partial charge in [-0.2, -0.15) is 0 Å². The van der Waals surface area contributed by atoms with E-state index in [2.05, 4.69) is 77.6 Å². The second kappa shape index (κ2) is 6.92. The van der Waals surface area contributed by atoms with E-state index in [9.17, 15) is 0 Å². The quantitative estimate of drug-likeness (QED) is 0.487. The molecular formula is C27H41N. The fourth-order valence-electron chi connectivity index (χ4n) is 6.89. The molecule has 1 aliphatic heterocycles. The summed E-state index contributed by atoms with van der Waals surface area (Å²) < 4.78 is 0. The molecule has 2 bridgehead atoms. The Labute approximate surface area is 173 Å². The smallest absolute Gasteiger partial charge is 0.0441 e. The molecule has 0 N–H and O–H groups in total.